The van der Waals surface area contributed by atoms with Crippen LogP contribution in [0, 0.1) is 11.3 Å². The fraction of sp³-hybridized carbons (Fsp3) is 0.333. The van der Waals surface area contributed by atoms with Crippen molar-refractivity contribution in [2.45, 2.75) is 32.6 Å². The molecule has 1 aliphatic rings. The van der Waals surface area contributed by atoms with E-state index in [1.165, 1.54) is 24.1 Å². The van der Waals surface area contributed by atoms with E-state index in [0.29, 0.717) is 11.0 Å². The van der Waals surface area contributed by atoms with Gasteiger partial charge in [0.2, 0.25) is 0 Å². The van der Waals surface area contributed by atoms with Crippen LogP contribution in [0.3, 0.4) is 0 Å². The van der Waals surface area contributed by atoms with Crippen LogP contribution >= 0.6 is 11.6 Å². The molecular formula is C18H21ClN2O. The molecule has 3 nitrogen and oxygen atoms in total. The van der Waals surface area contributed by atoms with Gasteiger partial charge in [-0.25, -0.2) is 0 Å². The third kappa shape index (κ3) is 3.66. The highest BCUT2D eigenvalue weighted by molar-refractivity contribution is 6.32. The summed E-state index contributed by atoms with van der Waals surface area (Å²) in [6.45, 7) is 3.65. The van der Waals surface area contributed by atoms with E-state index in [2.05, 4.69) is 31.2 Å². The van der Waals surface area contributed by atoms with E-state index in [0.717, 1.165) is 12.8 Å². The van der Waals surface area contributed by atoms with E-state index in [4.69, 9.17) is 22.7 Å². The van der Waals surface area contributed by atoms with Crippen LogP contribution in [-0.4, -0.2) is 11.6 Å². The first kappa shape index (κ1) is 16.5. The van der Waals surface area contributed by atoms with Gasteiger partial charge in [0.1, 0.15) is 0 Å². The number of carbonyl (C=O) groups is 1. The fourth-order valence-electron chi connectivity index (χ4n) is 3.05. The Bertz CT molecular complexity index is 645. The SMILES string of the molecule is CC(=N)/C(=C\C(Cl)=C/C(C)[C@@H]1CCc2ccccc21)C(N)=O. The van der Waals surface area contributed by atoms with Crippen molar-refractivity contribution in [1.82, 2.24) is 0 Å². The predicted octanol–water partition coefficient (Wildman–Crippen LogP) is 3.93. The van der Waals surface area contributed by atoms with Crippen LogP contribution in [-0.2, 0) is 11.2 Å². The molecule has 1 aliphatic carbocycles. The maximum atomic E-state index is 11.3. The molecule has 4 heteroatoms. The second kappa shape index (κ2) is 6.93. The Hall–Kier alpha value is -1.87. The molecule has 0 bridgehead atoms. The molecule has 0 aromatic heterocycles. The average molecular weight is 317 g/mol. The summed E-state index contributed by atoms with van der Waals surface area (Å²) in [7, 11) is 0. The van der Waals surface area contributed by atoms with Gasteiger partial charge in [-0.05, 0) is 48.8 Å². The van der Waals surface area contributed by atoms with Crippen LogP contribution in [0.15, 0.2) is 47.0 Å². The number of benzene rings is 1. The van der Waals surface area contributed by atoms with Crippen LogP contribution in [0.2, 0.25) is 0 Å². The van der Waals surface area contributed by atoms with Gasteiger partial charge in [0.15, 0.2) is 0 Å². The van der Waals surface area contributed by atoms with Crippen LogP contribution in [0.4, 0.5) is 0 Å². The minimum Gasteiger partial charge on any atom is -0.366 e. The molecule has 1 amide bonds. The highest BCUT2D eigenvalue weighted by atomic mass is 35.5. The van der Waals surface area contributed by atoms with Gasteiger partial charge in [-0.1, -0.05) is 48.9 Å². The number of carbonyl (C=O) groups excluding carboxylic acids is 1. The highest BCUT2D eigenvalue weighted by Gasteiger charge is 2.25. The molecule has 0 spiro atoms. The Labute approximate surface area is 136 Å². The normalized spacial score (nSPS) is 19.7. The Balaban J connectivity index is 2.21. The Morgan fingerprint density at radius 1 is 1.45 bits per heavy atom. The number of nitrogens with two attached hydrogens (primary N) is 1. The number of primary amides is 1. The Kier molecular flexibility index (Phi) is 5.19. The van der Waals surface area contributed by atoms with E-state index in [-0.39, 0.29) is 17.2 Å². The lowest BCUT2D eigenvalue weighted by molar-refractivity contribution is -0.114. The third-order valence-corrected chi connectivity index (χ3v) is 4.42. The topological polar surface area (TPSA) is 66.9 Å². The average Bonchev–Trinajstić information content (AvgIpc) is 2.88. The van der Waals surface area contributed by atoms with Crippen LogP contribution in [0.5, 0.6) is 0 Å². The van der Waals surface area contributed by atoms with Crippen molar-refractivity contribution < 1.29 is 4.79 Å². The molecule has 0 radical (unpaired) electrons. The number of nitrogens with one attached hydrogen (secondary N) is 1. The minimum atomic E-state index is -0.627. The van der Waals surface area contributed by atoms with Crippen molar-refractivity contribution in [2.75, 3.05) is 0 Å². The maximum absolute atomic E-state index is 11.3. The number of halogens is 1. The highest BCUT2D eigenvalue weighted by Crippen LogP contribution is 2.39. The summed E-state index contributed by atoms with van der Waals surface area (Å²) in [5.74, 6) is 0.0712. The zero-order valence-corrected chi connectivity index (χ0v) is 13.7. The molecule has 2 rings (SSSR count). The van der Waals surface area contributed by atoms with E-state index in [1.807, 2.05) is 6.08 Å². The van der Waals surface area contributed by atoms with Gasteiger partial charge in [0.05, 0.1) is 5.57 Å². The lowest BCUT2D eigenvalue weighted by Crippen LogP contribution is -2.18. The first-order chi connectivity index (χ1) is 10.4. The van der Waals surface area contributed by atoms with Crippen molar-refractivity contribution in [1.29, 1.82) is 5.41 Å². The molecule has 2 atom stereocenters. The summed E-state index contributed by atoms with van der Waals surface area (Å²) >= 11 is 6.24. The molecule has 0 heterocycles. The van der Waals surface area contributed by atoms with Crippen LogP contribution in [0.25, 0.3) is 0 Å². The smallest absolute Gasteiger partial charge is 0.250 e. The van der Waals surface area contributed by atoms with E-state index >= 15 is 0 Å². The minimum absolute atomic E-state index is 0.123. The number of hydrogen-bond acceptors (Lipinski definition) is 2. The molecule has 3 N–H and O–H groups in total. The predicted molar refractivity (Wildman–Crippen MR) is 91.3 cm³/mol. The van der Waals surface area contributed by atoms with Gasteiger partial charge in [-0.3, -0.25) is 4.79 Å². The summed E-state index contributed by atoms with van der Waals surface area (Å²) in [5, 5.41) is 8.02. The maximum Gasteiger partial charge on any atom is 0.250 e. The van der Waals surface area contributed by atoms with E-state index < -0.39 is 5.91 Å². The monoisotopic (exact) mass is 316 g/mol. The molecule has 1 aromatic carbocycles. The lowest BCUT2D eigenvalue weighted by atomic mass is 9.88. The summed E-state index contributed by atoms with van der Waals surface area (Å²) in [5.41, 5.74) is 8.34. The Morgan fingerprint density at radius 3 is 2.77 bits per heavy atom. The third-order valence-electron chi connectivity index (χ3n) is 4.19. The molecular weight excluding hydrogens is 296 g/mol. The zero-order valence-electron chi connectivity index (χ0n) is 12.9. The van der Waals surface area contributed by atoms with Gasteiger partial charge in [0.25, 0.3) is 5.91 Å². The number of aryl methyl sites for hydroxylation is 1. The fourth-order valence-corrected chi connectivity index (χ4v) is 3.36. The summed E-state index contributed by atoms with van der Waals surface area (Å²) in [6, 6.07) is 8.50. The first-order valence-electron chi connectivity index (χ1n) is 7.42. The molecule has 22 heavy (non-hydrogen) atoms. The van der Waals surface area contributed by atoms with Crippen LogP contribution < -0.4 is 5.73 Å². The van der Waals surface area contributed by atoms with Gasteiger partial charge in [-0.15, -0.1) is 0 Å². The van der Waals surface area contributed by atoms with Gasteiger partial charge in [0, 0.05) is 10.7 Å². The van der Waals surface area contributed by atoms with Gasteiger partial charge in [-0.2, -0.15) is 0 Å². The number of amides is 1. The van der Waals surface area contributed by atoms with Crippen molar-refractivity contribution >= 4 is 23.2 Å². The second-order valence-electron chi connectivity index (χ2n) is 5.80. The standard InChI is InChI=1S/C18H21ClN2O/c1-11(9-14(19)10-17(12(2)20)18(21)22)15-8-7-13-5-3-4-6-16(13)15/h3-6,9-11,15,20H,7-8H2,1-2H3,(H2,21,22)/b14-9+,17-10+,20-12?/t11?,15-/m0/s1. The van der Waals surface area contributed by atoms with Gasteiger partial charge < -0.3 is 11.1 Å². The van der Waals surface area contributed by atoms with Crippen LogP contribution in [0.1, 0.15) is 37.3 Å². The molecule has 0 fully saturated rings. The largest absolute Gasteiger partial charge is 0.366 e. The van der Waals surface area contributed by atoms with E-state index in [1.54, 1.807) is 0 Å². The molecule has 116 valence electrons. The quantitative estimate of drug-likeness (QED) is 0.482. The first-order valence-corrected chi connectivity index (χ1v) is 7.80. The number of hydrogen-bond donors (Lipinski definition) is 2. The van der Waals surface area contributed by atoms with Crippen molar-refractivity contribution in [2.24, 2.45) is 11.7 Å². The Morgan fingerprint density at radius 2 is 2.14 bits per heavy atom. The van der Waals surface area contributed by atoms with E-state index in [9.17, 15) is 4.79 Å². The summed E-state index contributed by atoms with van der Waals surface area (Å²) in [4.78, 5) is 11.3. The molecule has 0 saturated heterocycles. The zero-order chi connectivity index (χ0) is 16.3. The molecule has 0 aliphatic heterocycles. The molecule has 1 unspecified atom stereocenters. The molecule has 1 aromatic rings. The number of fused-ring (bicyclic) bond motifs is 1. The second-order valence-corrected chi connectivity index (χ2v) is 6.24. The van der Waals surface area contributed by atoms with Crippen molar-refractivity contribution in [3.8, 4) is 0 Å². The molecule has 0 saturated carbocycles. The number of rotatable bonds is 5. The lowest BCUT2D eigenvalue weighted by Gasteiger charge is -2.17. The summed E-state index contributed by atoms with van der Waals surface area (Å²) < 4.78 is 0. The summed E-state index contributed by atoms with van der Waals surface area (Å²) in [6.07, 6.45) is 5.64. The van der Waals surface area contributed by atoms with Gasteiger partial charge >= 0.3 is 0 Å². The van der Waals surface area contributed by atoms with Crippen molar-refractivity contribution in [3.05, 3.63) is 58.1 Å². The van der Waals surface area contributed by atoms with Crippen molar-refractivity contribution in [3.63, 3.8) is 0 Å². The number of allylic oxidation sites excluding steroid dienone is 3.